The van der Waals surface area contributed by atoms with Crippen LogP contribution >= 0.6 is 0 Å². The Labute approximate surface area is 235 Å². The standard InChI is InChI=1S/C35H56O3/c1-3-4-28-31-34(36)32-29-26-24-22-20-18-16-14-12-10-8-6-5-7-9-11-13-15-17-19-21-23-25-27-30-33-35(37)38-2/h4,6,8,12,14,18,20,28-29,32,34,36H,3,5,7,9-11,13,15-17,19,21-23,25,27,30-31,33H2,1-2H3/b8-6-,14-12-,20-18-,28-4-,32-29+/t34-/m0/s1. The number of carbonyl (C=O) groups is 1. The summed E-state index contributed by atoms with van der Waals surface area (Å²) in [4.78, 5) is 11.0. The summed E-state index contributed by atoms with van der Waals surface area (Å²) in [7, 11) is 1.46. The summed E-state index contributed by atoms with van der Waals surface area (Å²) in [6.07, 6.45) is 42.0. The zero-order valence-electron chi connectivity index (χ0n) is 24.5. The van der Waals surface area contributed by atoms with Crippen molar-refractivity contribution in [3.63, 3.8) is 0 Å². The molecule has 0 aliphatic heterocycles. The van der Waals surface area contributed by atoms with Crippen LogP contribution in [0.15, 0.2) is 60.8 Å². The molecule has 214 valence electrons. The van der Waals surface area contributed by atoms with E-state index in [0.29, 0.717) is 12.8 Å². The predicted molar refractivity (Wildman–Crippen MR) is 165 cm³/mol. The van der Waals surface area contributed by atoms with E-state index in [1.807, 2.05) is 6.08 Å². The molecule has 1 atom stereocenters. The van der Waals surface area contributed by atoms with Crippen molar-refractivity contribution in [3.8, 4) is 11.8 Å². The van der Waals surface area contributed by atoms with E-state index in [1.165, 1.54) is 77.7 Å². The second-order valence-corrected chi connectivity index (χ2v) is 9.81. The molecule has 0 radical (unpaired) electrons. The Bertz CT molecular complexity index is 730. The number of allylic oxidation sites excluding steroid dienone is 8. The molecular weight excluding hydrogens is 468 g/mol. The van der Waals surface area contributed by atoms with E-state index in [9.17, 15) is 9.90 Å². The highest BCUT2D eigenvalue weighted by molar-refractivity contribution is 5.68. The van der Waals surface area contributed by atoms with Gasteiger partial charge in [-0.3, -0.25) is 4.79 Å². The Morgan fingerprint density at radius 2 is 1.29 bits per heavy atom. The van der Waals surface area contributed by atoms with E-state index in [1.54, 1.807) is 12.2 Å². The molecule has 0 aliphatic rings. The lowest BCUT2D eigenvalue weighted by molar-refractivity contribution is -0.140. The summed E-state index contributed by atoms with van der Waals surface area (Å²) in [5.41, 5.74) is 0. The second kappa shape index (κ2) is 30.9. The summed E-state index contributed by atoms with van der Waals surface area (Å²) < 4.78 is 4.66. The van der Waals surface area contributed by atoms with Crippen molar-refractivity contribution in [2.45, 2.75) is 135 Å². The molecule has 0 spiro atoms. The largest absolute Gasteiger partial charge is 0.469 e. The first-order chi connectivity index (χ1) is 18.7. The average Bonchev–Trinajstić information content (AvgIpc) is 2.92. The molecule has 38 heavy (non-hydrogen) atoms. The number of aliphatic hydroxyl groups excluding tert-OH is 1. The number of aliphatic hydroxyl groups is 1. The molecule has 0 aromatic heterocycles. The molecule has 0 saturated heterocycles. The summed E-state index contributed by atoms with van der Waals surface area (Å²) in [6, 6.07) is 0. The molecule has 0 amide bonds. The van der Waals surface area contributed by atoms with Crippen molar-refractivity contribution in [1.82, 2.24) is 0 Å². The summed E-state index contributed by atoms with van der Waals surface area (Å²) in [6.45, 7) is 2.08. The van der Waals surface area contributed by atoms with Crippen molar-refractivity contribution < 1.29 is 14.6 Å². The predicted octanol–water partition coefficient (Wildman–Crippen LogP) is 9.74. The Morgan fingerprint density at radius 1 is 0.737 bits per heavy atom. The molecule has 1 N–H and O–H groups in total. The van der Waals surface area contributed by atoms with Crippen molar-refractivity contribution in [2.24, 2.45) is 0 Å². The van der Waals surface area contributed by atoms with Gasteiger partial charge in [0.1, 0.15) is 0 Å². The van der Waals surface area contributed by atoms with Gasteiger partial charge in [-0.2, -0.15) is 0 Å². The van der Waals surface area contributed by atoms with E-state index in [2.05, 4.69) is 66.0 Å². The maximum Gasteiger partial charge on any atom is 0.305 e. The lowest BCUT2D eigenvalue weighted by atomic mass is 10.0. The van der Waals surface area contributed by atoms with Crippen LogP contribution in [-0.4, -0.2) is 24.3 Å². The first-order valence-corrected chi connectivity index (χ1v) is 15.2. The monoisotopic (exact) mass is 524 g/mol. The third-order valence-corrected chi connectivity index (χ3v) is 6.28. The first-order valence-electron chi connectivity index (χ1n) is 15.2. The van der Waals surface area contributed by atoms with Crippen molar-refractivity contribution in [3.05, 3.63) is 60.8 Å². The highest BCUT2D eigenvalue weighted by Crippen LogP contribution is 2.13. The maximum atomic E-state index is 11.0. The van der Waals surface area contributed by atoms with Crippen LogP contribution in [0.1, 0.15) is 129 Å². The number of esters is 1. The molecule has 0 rings (SSSR count). The minimum absolute atomic E-state index is 0.0781. The van der Waals surface area contributed by atoms with E-state index in [4.69, 9.17) is 0 Å². The fourth-order valence-electron chi connectivity index (χ4n) is 3.96. The van der Waals surface area contributed by atoms with Crippen LogP contribution < -0.4 is 0 Å². The van der Waals surface area contributed by atoms with Crippen LogP contribution in [0.2, 0.25) is 0 Å². The molecule has 0 bridgehead atoms. The second-order valence-electron chi connectivity index (χ2n) is 9.81. The lowest BCUT2D eigenvalue weighted by Gasteiger charge is -2.03. The van der Waals surface area contributed by atoms with Gasteiger partial charge < -0.3 is 9.84 Å². The number of hydrogen-bond acceptors (Lipinski definition) is 3. The Kier molecular flexibility index (Phi) is 29.0. The van der Waals surface area contributed by atoms with Gasteiger partial charge in [-0.15, -0.1) is 0 Å². The first kappa shape index (κ1) is 35.7. The van der Waals surface area contributed by atoms with Crippen LogP contribution in [0.25, 0.3) is 0 Å². The number of carbonyl (C=O) groups excluding carboxylic acids is 1. The molecule has 0 fully saturated rings. The smallest absolute Gasteiger partial charge is 0.305 e. The van der Waals surface area contributed by atoms with Crippen molar-refractivity contribution >= 4 is 5.97 Å². The number of rotatable bonds is 24. The van der Waals surface area contributed by atoms with Gasteiger partial charge in [-0.05, 0) is 57.1 Å². The number of methoxy groups -OCH3 is 1. The van der Waals surface area contributed by atoms with Gasteiger partial charge >= 0.3 is 5.97 Å². The molecule has 0 heterocycles. The zero-order valence-corrected chi connectivity index (χ0v) is 24.5. The van der Waals surface area contributed by atoms with E-state index in [-0.39, 0.29) is 5.97 Å². The number of unbranched alkanes of at least 4 members (excludes halogenated alkanes) is 12. The maximum absolute atomic E-state index is 11.0. The quantitative estimate of drug-likeness (QED) is 0.0591. The Morgan fingerprint density at radius 3 is 1.89 bits per heavy atom. The Hall–Kier alpha value is -2.31. The van der Waals surface area contributed by atoms with Crippen LogP contribution in [0.3, 0.4) is 0 Å². The van der Waals surface area contributed by atoms with Gasteiger partial charge in [0.2, 0.25) is 0 Å². The van der Waals surface area contributed by atoms with Gasteiger partial charge in [0.25, 0.3) is 0 Å². The van der Waals surface area contributed by atoms with E-state index in [0.717, 1.165) is 38.5 Å². The van der Waals surface area contributed by atoms with Crippen LogP contribution in [0.5, 0.6) is 0 Å². The topological polar surface area (TPSA) is 46.5 Å². The molecule has 0 aromatic rings. The SMILES string of the molecule is CC/C=C\C[C@H](O)/C=C/C#CC/C=C\C/C=C\C/C=C\CCCCCCCCCCCCCCC(=O)OC. The zero-order chi connectivity index (χ0) is 27.8. The summed E-state index contributed by atoms with van der Waals surface area (Å²) in [5, 5.41) is 9.74. The molecule has 3 nitrogen and oxygen atoms in total. The number of ether oxygens (including phenoxy) is 1. The molecule has 0 saturated carbocycles. The van der Waals surface area contributed by atoms with Gasteiger partial charge in [0.05, 0.1) is 13.2 Å². The van der Waals surface area contributed by atoms with E-state index < -0.39 is 6.10 Å². The third-order valence-electron chi connectivity index (χ3n) is 6.28. The number of hydrogen-bond donors (Lipinski definition) is 1. The molecule has 3 heteroatoms. The van der Waals surface area contributed by atoms with Crippen LogP contribution in [0.4, 0.5) is 0 Å². The normalized spacial score (nSPS) is 12.8. The van der Waals surface area contributed by atoms with Crippen molar-refractivity contribution in [2.75, 3.05) is 7.11 Å². The Balaban J connectivity index is 3.42. The van der Waals surface area contributed by atoms with Crippen molar-refractivity contribution in [1.29, 1.82) is 0 Å². The van der Waals surface area contributed by atoms with Crippen LogP contribution in [-0.2, 0) is 9.53 Å². The lowest BCUT2D eigenvalue weighted by Crippen LogP contribution is -1.99. The minimum Gasteiger partial charge on any atom is -0.469 e. The highest BCUT2D eigenvalue weighted by Gasteiger charge is 1.99. The minimum atomic E-state index is -0.443. The van der Waals surface area contributed by atoms with E-state index >= 15 is 0 Å². The fraction of sp³-hybridized carbons (Fsp3) is 0.629. The summed E-state index contributed by atoms with van der Waals surface area (Å²) in [5.74, 6) is 5.97. The van der Waals surface area contributed by atoms with Gasteiger partial charge in [0.15, 0.2) is 0 Å². The highest BCUT2D eigenvalue weighted by atomic mass is 16.5. The summed E-state index contributed by atoms with van der Waals surface area (Å²) >= 11 is 0. The molecule has 0 aliphatic carbocycles. The average molecular weight is 525 g/mol. The third kappa shape index (κ3) is 29.9. The van der Waals surface area contributed by atoms with Gasteiger partial charge in [-0.25, -0.2) is 0 Å². The molecule has 0 unspecified atom stereocenters. The molecule has 0 aromatic carbocycles. The van der Waals surface area contributed by atoms with Gasteiger partial charge in [0, 0.05) is 12.8 Å². The fourth-order valence-corrected chi connectivity index (χ4v) is 3.96. The van der Waals surface area contributed by atoms with Gasteiger partial charge in [-0.1, -0.05) is 132 Å². The van der Waals surface area contributed by atoms with Crippen LogP contribution in [0, 0.1) is 11.8 Å². The molecular formula is C35H56O3.